The molecule has 2 rings (SSSR count). The standard InChI is InChI=1S/C14H23N5S/c1-5-7-12-14(20-18-16-12)13(15-4)9-11-8-10(3)17-19(11)6-2/h8,13,15H,5-7,9H2,1-4H3. The lowest BCUT2D eigenvalue weighted by atomic mass is 10.1. The van der Waals surface area contributed by atoms with E-state index in [2.05, 4.69) is 44.6 Å². The maximum atomic E-state index is 4.52. The molecule has 0 radical (unpaired) electrons. The monoisotopic (exact) mass is 293 g/mol. The predicted octanol–water partition coefficient (Wildman–Crippen LogP) is 2.52. The second-order valence-electron chi connectivity index (χ2n) is 4.97. The van der Waals surface area contributed by atoms with E-state index < -0.39 is 0 Å². The Labute approximate surface area is 124 Å². The summed E-state index contributed by atoms with van der Waals surface area (Å²) >= 11 is 1.51. The smallest absolute Gasteiger partial charge is 0.0803 e. The van der Waals surface area contributed by atoms with Crippen molar-refractivity contribution in [1.82, 2.24) is 24.7 Å². The lowest BCUT2D eigenvalue weighted by molar-refractivity contribution is 0.542. The predicted molar refractivity (Wildman–Crippen MR) is 82.0 cm³/mol. The molecule has 1 unspecified atom stereocenters. The van der Waals surface area contributed by atoms with Crippen LogP contribution >= 0.6 is 11.5 Å². The van der Waals surface area contributed by atoms with Gasteiger partial charge in [-0.1, -0.05) is 17.8 Å². The molecule has 0 spiro atoms. The van der Waals surface area contributed by atoms with Gasteiger partial charge in [0, 0.05) is 18.7 Å². The lowest BCUT2D eigenvalue weighted by Gasteiger charge is -2.16. The second kappa shape index (κ2) is 6.95. The average Bonchev–Trinajstić information content (AvgIpc) is 3.03. The summed E-state index contributed by atoms with van der Waals surface area (Å²) in [5.41, 5.74) is 3.48. The van der Waals surface area contributed by atoms with Crippen LogP contribution in [0.5, 0.6) is 0 Å². The number of hydrogen-bond acceptors (Lipinski definition) is 5. The lowest BCUT2D eigenvalue weighted by Crippen LogP contribution is -2.20. The van der Waals surface area contributed by atoms with Crippen LogP contribution in [-0.4, -0.2) is 26.4 Å². The first-order valence-electron chi connectivity index (χ1n) is 7.21. The average molecular weight is 293 g/mol. The molecule has 0 bridgehead atoms. The highest BCUT2D eigenvalue weighted by atomic mass is 32.1. The minimum absolute atomic E-state index is 0.262. The fourth-order valence-electron chi connectivity index (χ4n) is 2.46. The van der Waals surface area contributed by atoms with Gasteiger partial charge in [-0.3, -0.25) is 4.68 Å². The first-order chi connectivity index (χ1) is 9.69. The molecule has 2 heterocycles. The molecule has 0 aliphatic rings. The Morgan fingerprint density at radius 1 is 1.40 bits per heavy atom. The van der Waals surface area contributed by atoms with E-state index in [1.807, 2.05) is 14.0 Å². The molecule has 1 atom stereocenters. The van der Waals surface area contributed by atoms with Crippen LogP contribution in [-0.2, 0) is 19.4 Å². The molecule has 0 amide bonds. The molecule has 0 aliphatic heterocycles. The van der Waals surface area contributed by atoms with Crippen molar-refractivity contribution in [2.45, 2.75) is 52.6 Å². The summed E-state index contributed by atoms with van der Waals surface area (Å²) in [7, 11) is 2.00. The highest BCUT2D eigenvalue weighted by molar-refractivity contribution is 7.05. The topological polar surface area (TPSA) is 55.6 Å². The highest BCUT2D eigenvalue weighted by Gasteiger charge is 2.19. The molecule has 0 saturated heterocycles. The van der Waals surface area contributed by atoms with E-state index in [1.165, 1.54) is 22.1 Å². The van der Waals surface area contributed by atoms with Crippen molar-refractivity contribution in [2.75, 3.05) is 7.05 Å². The maximum absolute atomic E-state index is 4.52. The van der Waals surface area contributed by atoms with Gasteiger partial charge in [0.15, 0.2) is 0 Å². The Morgan fingerprint density at radius 2 is 2.20 bits per heavy atom. The molecule has 1 N–H and O–H groups in total. The number of rotatable bonds is 7. The quantitative estimate of drug-likeness (QED) is 0.852. The number of likely N-dealkylation sites (N-methyl/N-ethyl adjacent to an activating group) is 1. The van der Waals surface area contributed by atoms with E-state index in [0.717, 1.165) is 37.2 Å². The Bertz CT molecular complexity index is 546. The fraction of sp³-hybridized carbons (Fsp3) is 0.643. The van der Waals surface area contributed by atoms with E-state index in [-0.39, 0.29) is 6.04 Å². The normalized spacial score (nSPS) is 12.8. The zero-order valence-electron chi connectivity index (χ0n) is 12.7. The number of aryl methyl sites for hydroxylation is 3. The van der Waals surface area contributed by atoms with Gasteiger partial charge in [-0.2, -0.15) is 5.10 Å². The summed E-state index contributed by atoms with van der Waals surface area (Å²) in [6.07, 6.45) is 3.02. The Morgan fingerprint density at radius 3 is 2.85 bits per heavy atom. The zero-order chi connectivity index (χ0) is 14.5. The molecule has 110 valence electrons. The Balaban J connectivity index is 2.21. The molecule has 2 aromatic heterocycles. The summed E-state index contributed by atoms with van der Waals surface area (Å²) in [5.74, 6) is 0. The van der Waals surface area contributed by atoms with E-state index in [1.54, 1.807) is 0 Å². The van der Waals surface area contributed by atoms with Crippen LogP contribution < -0.4 is 5.32 Å². The van der Waals surface area contributed by atoms with Crippen molar-refractivity contribution >= 4 is 11.5 Å². The van der Waals surface area contributed by atoms with Crippen molar-refractivity contribution in [3.8, 4) is 0 Å². The largest absolute Gasteiger partial charge is 0.312 e. The minimum atomic E-state index is 0.262. The second-order valence-corrected chi connectivity index (χ2v) is 5.76. The van der Waals surface area contributed by atoms with E-state index in [0.29, 0.717) is 0 Å². The third kappa shape index (κ3) is 3.24. The number of hydrogen-bond donors (Lipinski definition) is 1. The molecular formula is C14H23N5S. The molecule has 2 aromatic rings. The van der Waals surface area contributed by atoms with Crippen LogP contribution in [0.1, 0.15) is 48.3 Å². The number of nitrogens with one attached hydrogen (secondary N) is 1. The zero-order valence-corrected chi connectivity index (χ0v) is 13.5. The van der Waals surface area contributed by atoms with E-state index in [9.17, 15) is 0 Å². The summed E-state index contributed by atoms with van der Waals surface area (Å²) in [5, 5.41) is 12.2. The summed E-state index contributed by atoms with van der Waals surface area (Å²) < 4.78 is 6.21. The van der Waals surface area contributed by atoms with Crippen LogP contribution in [0.3, 0.4) is 0 Å². The first-order valence-corrected chi connectivity index (χ1v) is 7.98. The van der Waals surface area contributed by atoms with Crippen LogP contribution in [0.15, 0.2) is 6.07 Å². The SMILES string of the molecule is CCCc1nnsc1C(Cc1cc(C)nn1CC)NC. The van der Waals surface area contributed by atoms with Crippen molar-refractivity contribution in [3.05, 3.63) is 28.0 Å². The molecular weight excluding hydrogens is 270 g/mol. The molecule has 20 heavy (non-hydrogen) atoms. The fourth-order valence-corrected chi connectivity index (χ4v) is 3.27. The van der Waals surface area contributed by atoms with Crippen molar-refractivity contribution in [1.29, 1.82) is 0 Å². The van der Waals surface area contributed by atoms with Gasteiger partial charge >= 0.3 is 0 Å². The van der Waals surface area contributed by atoms with Crippen molar-refractivity contribution < 1.29 is 0 Å². The van der Waals surface area contributed by atoms with E-state index in [4.69, 9.17) is 0 Å². The molecule has 0 fully saturated rings. The maximum Gasteiger partial charge on any atom is 0.0803 e. The molecule has 0 saturated carbocycles. The number of nitrogens with zero attached hydrogens (tertiary/aromatic N) is 4. The minimum Gasteiger partial charge on any atom is -0.312 e. The number of aromatic nitrogens is 4. The van der Waals surface area contributed by atoms with Gasteiger partial charge < -0.3 is 5.32 Å². The highest BCUT2D eigenvalue weighted by Crippen LogP contribution is 2.25. The summed E-state index contributed by atoms with van der Waals surface area (Å²) in [4.78, 5) is 1.26. The third-order valence-corrected chi connectivity index (χ3v) is 4.32. The van der Waals surface area contributed by atoms with Crippen LogP contribution in [0, 0.1) is 6.92 Å². The van der Waals surface area contributed by atoms with Gasteiger partial charge in [0.25, 0.3) is 0 Å². The molecule has 5 nitrogen and oxygen atoms in total. The molecule has 0 aliphatic carbocycles. The van der Waals surface area contributed by atoms with E-state index >= 15 is 0 Å². The Kier molecular flexibility index (Phi) is 5.25. The first kappa shape index (κ1) is 15.1. The van der Waals surface area contributed by atoms with Crippen molar-refractivity contribution in [2.24, 2.45) is 0 Å². The van der Waals surface area contributed by atoms with Gasteiger partial charge in [0.2, 0.25) is 0 Å². The van der Waals surface area contributed by atoms with Crippen LogP contribution in [0.2, 0.25) is 0 Å². The van der Waals surface area contributed by atoms with Crippen LogP contribution in [0.4, 0.5) is 0 Å². The molecule has 6 heteroatoms. The van der Waals surface area contributed by atoms with Gasteiger partial charge in [-0.25, -0.2) is 0 Å². The summed E-state index contributed by atoms with van der Waals surface area (Å²) in [6.45, 7) is 7.25. The van der Waals surface area contributed by atoms with Gasteiger partial charge in [-0.05, 0) is 44.9 Å². The Hall–Kier alpha value is -1.27. The van der Waals surface area contributed by atoms with Crippen molar-refractivity contribution in [3.63, 3.8) is 0 Å². The van der Waals surface area contributed by atoms with Gasteiger partial charge in [0.05, 0.1) is 22.3 Å². The van der Waals surface area contributed by atoms with Gasteiger partial charge in [-0.15, -0.1) is 5.10 Å². The molecule has 0 aromatic carbocycles. The summed E-state index contributed by atoms with van der Waals surface area (Å²) in [6, 6.07) is 2.43. The van der Waals surface area contributed by atoms with Gasteiger partial charge in [0.1, 0.15) is 0 Å². The third-order valence-electron chi connectivity index (χ3n) is 3.44. The van der Waals surface area contributed by atoms with Crippen LogP contribution in [0.25, 0.3) is 0 Å².